The predicted octanol–water partition coefficient (Wildman–Crippen LogP) is 4.29. The summed E-state index contributed by atoms with van der Waals surface area (Å²) in [5.41, 5.74) is 10.8. The van der Waals surface area contributed by atoms with Gasteiger partial charge in [0, 0.05) is 45.7 Å². The Bertz CT molecular complexity index is 1010. The Labute approximate surface area is 128 Å². The number of rotatable bonds is 1. The minimum Gasteiger partial charge on any atom is -0.507 e. The Morgan fingerprint density at radius 2 is 1.55 bits per heavy atom. The zero-order valence-corrected chi connectivity index (χ0v) is 12.2. The number of hydrogen-bond donors (Lipinski definition) is 2. The average Bonchev–Trinajstić information content (AvgIpc) is 2.80. The van der Waals surface area contributed by atoms with E-state index >= 15 is 0 Å². The maximum atomic E-state index is 10.1. The molecular formula is C19H16N2O. The molecule has 0 saturated heterocycles. The lowest BCUT2D eigenvalue weighted by Crippen LogP contribution is -1.92. The third-order valence-electron chi connectivity index (χ3n) is 4.28. The van der Waals surface area contributed by atoms with Gasteiger partial charge < -0.3 is 15.4 Å². The molecule has 0 spiro atoms. The highest BCUT2D eigenvalue weighted by Crippen LogP contribution is 2.38. The fraction of sp³-hybridized carbons (Fsp3) is 0.0526. The van der Waals surface area contributed by atoms with E-state index in [1.165, 1.54) is 10.9 Å². The second-order valence-corrected chi connectivity index (χ2v) is 5.55. The Balaban J connectivity index is 2.11. The number of fused-ring (bicyclic) bond motifs is 3. The molecule has 0 saturated carbocycles. The average molecular weight is 288 g/mol. The van der Waals surface area contributed by atoms with Crippen LogP contribution in [0.5, 0.6) is 5.75 Å². The molecule has 0 aliphatic heterocycles. The molecule has 0 atom stereocenters. The maximum Gasteiger partial charge on any atom is 0.123 e. The molecule has 1 heterocycles. The zero-order chi connectivity index (χ0) is 15.3. The number of para-hydroxylation sites is 2. The molecule has 108 valence electrons. The summed E-state index contributed by atoms with van der Waals surface area (Å²) < 4.78 is 2.16. The minimum atomic E-state index is 0.243. The van der Waals surface area contributed by atoms with Crippen LogP contribution in [0.25, 0.3) is 32.9 Å². The summed E-state index contributed by atoms with van der Waals surface area (Å²) >= 11 is 0. The maximum absolute atomic E-state index is 10.1. The molecule has 22 heavy (non-hydrogen) atoms. The van der Waals surface area contributed by atoms with Gasteiger partial charge in [-0.2, -0.15) is 0 Å². The molecule has 3 aromatic carbocycles. The monoisotopic (exact) mass is 288 g/mol. The number of nitrogens with two attached hydrogens (primary N) is 1. The van der Waals surface area contributed by atoms with Gasteiger partial charge in [-0.3, -0.25) is 0 Å². The van der Waals surface area contributed by atoms with Crippen LogP contribution in [-0.4, -0.2) is 9.67 Å². The van der Waals surface area contributed by atoms with Crippen molar-refractivity contribution in [3.63, 3.8) is 0 Å². The highest BCUT2D eigenvalue weighted by atomic mass is 16.3. The first-order valence-electron chi connectivity index (χ1n) is 7.22. The van der Waals surface area contributed by atoms with Crippen molar-refractivity contribution in [1.82, 2.24) is 4.57 Å². The van der Waals surface area contributed by atoms with E-state index in [2.05, 4.69) is 29.8 Å². The minimum absolute atomic E-state index is 0.243. The van der Waals surface area contributed by atoms with E-state index in [0.717, 1.165) is 22.0 Å². The molecule has 4 aromatic rings. The van der Waals surface area contributed by atoms with E-state index in [1.54, 1.807) is 6.07 Å². The van der Waals surface area contributed by atoms with Gasteiger partial charge in [-0.25, -0.2) is 0 Å². The molecule has 0 aliphatic rings. The van der Waals surface area contributed by atoms with Crippen LogP contribution in [0.2, 0.25) is 0 Å². The summed E-state index contributed by atoms with van der Waals surface area (Å²) in [6, 6.07) is 19.6. The van der Waals surface area contributed by atoms with Crippen LogP contribution in [0.15, 0.2) is 60.7 Å². The summed E-state index contributed by atoms with van der Waals surface area (Å²) in [5, 5.41) is 12.4. The third kappa shape index (κ3) is 1.69. The lowest BCUT2D eigenvalue weighted by atomic mass is 10.0. The number of aromatic hydroxyl groups is 1. The van der Waals surface area contributed by atoms with Crippen molar-refractivity contribution >= 4 is 27.5 Å². The molecule has 3 N–H and O–H groups in total. The second kappa shape index (κ2) is 4.53. The first-order valence-corrected chi connectivity index (χ1v) is 7.22. The van der Waals surface area contributed by atoms with Crippen molar-refractivity contribution in [2.75, 3.05) is 5.73 Å². The van der Waals surface area contributed by atoms with Gasteiger partial charge in [0.05, 0.1) is 0 Å². The largest absolute Gasteiger partial charge is 0.507 e. The van der Waals surface area contributed by atoms with Crippen LogP contribution >= 0.6 is 0 Å². The van der Waals surface area contributed by atoms with E-state index < -0.39 is 0 Å². The van der Waals surface area contributed by atoms with Crippen molar-refractivity contribution in [2.24, 2.45) is 7.05 Å². The van der Waals surface area contributed by atoms with Gasteiger partial charge >= 0.3 is 0 Å². The molecule has 3 nitrogen and oxygen atoms in total. The first-order chi connectivity index (χ1) is 10.7. The summed E-state index contributed by atoms with van der Waals surface area (Å²) in [6.45, 7) is 0. The lowest BCUT2D eigenvalue weighted by Gasteiger charge is -2.09. The van der Waals surface area contributed by atoms with Gasteiger partial charge in [0.15, 0.2) is 0 Å². The molecule has 0 bridgehead atoms. The van der Waals surface area contributed by atoms with Crippen LogP contribution < -0.4 is 5.73 Å². The fourth-order valence-electron chi connectivity index (χ4n) is 3.16. The molecule has 0 radical (unpaired) electrons. The summed E-state index contributed by atoms with van der Waals surface area (Å²) in [6.07, 6.45) is 0. The number of phenolic OH excluding ortho intramolecular Hbond substituents is 1. The van der Waals surface area contributed by atoms with E-state index in [1.807, 2.05) is 36.4 Å². The Hall–Kier alpha value is -2.94. The van der Waals surface area contributed by atoms with E-state index in [0.29, 0.717) is 5.69 Å². The topological polar surface area (TPSA) is 51.2 Å². The van der Waals surface area contributed by atoms with Gasteiger partial charge in [0.25, 0.3) is 0 Å². The first kappa shape index (κ1) is 12.8. The predicted molar refractivity (Wildman–Crippen MR) is 91.9 cm³/mol. The van der Waals surface area contributed by atoms with E-state index in [9.17, 15) is 5.11 Å². The van der Waals surface area contributed by atoms with Gasteiger partial charge in [-0.15, -0.1) is 0 Å². The normalized spacial score (nSPS) is 11.3. The van der Waals surface area contributed by atoms with Gasteiger partial charge in [0.2, 0.25) is 0 Å². The van der Waals surface area contributed by atoms with E-state index in [-0.39, 0.29) is 5.75 Å². The van der Waals surface area contributed by atoms with Crippen molar-refractivity contribution in [2.45, 2.75) is 0 Å². The second-order valence-electron chi connectivity index (χ2n) is 5.55. The molecule has 3 heteroatoms. The van der Waals surface area contributed by atoms with Crippen molar-refractivity contribution in [1.29, 1.82) is 0 Å². The molecule has 0 fully saturated rings. The number of aromatic nitrogens is 1. The molecular weight excluding hydrogens is 272 g/mol. The zero-order valence-electron chi connectivity index (χ0n) is 12.2. The molecule has 0 amide bonds. The van der Waals surface area contributed by atoms with Crippen LogP contribution in [0, 0.1) is 0 Å². The van der Waals surface area contributed by atoms with Crippen molar-refractivity contribution in [3.8, 4) is 16.9 Å². The number of phenols is 1. The SMILES string of the molecule is Cn1c2ccccc2c2cc(N)c(-c3ccccc3O)cc21. The van der Waals surface area contributed by atoms with Crippen LogP contribution in [-0.2, 0) is 7.05 Å². The van der Waals surface area contributed by atoms with Crippen LogP contribution in [0.4, 0.5) is 5.69 Å². The number of hydrogen-bond acceptors (Lipinski definition) is 2. The van der Waals surface area contributed by atoms with Crippen LogP contribution in [0.1, 0.15) is 0 Å². The number of benzene rings is 3. The third-order valence-corrected chi connectivity index (χ3v) is 4.28. The number of nitrogen functional groups attached to an aromatic ring is 1. The summed E-state index contributed by atoms with van der Waals surface area (Å²) in [7, 11) is 2.05. The Kier molecular flexibility index (Phi) is 2.63. The highest BCUT2D eigenvalue weighted by Gasteiger charge is 2.13. The van der Waals surface area contributed by atoms with Crippen LogP contribution in [0.3, 0.4) is 0 Å². The van der Waals surface area contributed by atoms with Gasteiger partial charge in [-0.05, 0) is 24.3 Å². The Morgan fingerprint density at radius 3 is 2.36 bits per heavy atom. The standard InChI is InChI=1S/C19H16N2O/c1-21-17-8-4-2-6-12(17)15-10-16(20)14(11-18(15)21)13-7-3-5-9-19(13)22/h2-11,22H,20H2,1H3. The highest BCUT2D eigenvalue weighted by molar-refractivity contribution is 6.11. The van der Waals surface area contributed by atoms with Crippen molar-refractivity contribution < 1.29 is 5.11 Å². The summed E-state index contributed by atoms with van der Waals surface area (Å²) in [5.74, 6) is 0.243. The van der Waals surface area contributed by atoms with E-state index in [4.69, 9.17) is 5.73 Å². The molecule has 0 aliphatic carbocycles. The smallest absolute Gasteiger partial charge is 0.123 e. The van der Waals surface area contributed by atoms with Gasteiger partial charge in [0.1, 0.15) is 5.75 Å². The quantitative estimate of drug-likeness (QED) is 0.513. The van der Waals surface area contributed by atoms with Crippen molar-refractivity contribution in [3.05, 3.63) is 60.7 Å². The fourth-order valence-corrected chi connectivity index (χ4v) is 3.16. The van der Waals surface area contributed by atoms with Gasteiger partial charge in [-0.1, -0.05) is 36.4 Å². The molecule has 0 unspecified atom stereocenters. The number of anilines is 1. The Morgan fingerprint density at radius 1 is 0.818 bits per heavy atom. The summed E-state index contributed by atoms with van der Waals surface area (Å²) in [4.78, 5) is 0. The molecule has 4 rings (SSSR count). The number of nitrogens with zero attached hydrogens (tertiary/aromatic N) is 1. The lowest BCUT2D eigenvalue weighted by molar-refractivity contribution is 0.477. The molecule has 1 aromatic heterocycles. The number of aryl methyl sites for hydroxylation is 1.